The van der Waals surface area contributed by atoms with E-state index in [0.717, 1.165) is 4.47 Å². The number of rotatable bonds is 0. The summed E-state index contributed by atoms with van der Waals surface area (Å²) < 4.78 is 9.98. The average molecular weight is 293 g/mol. The molecule has 0 aliphatic carbocycles. The van der Waals surface area contributed by atoms with Gasteiger partial charge in [-0.05, 0) is 0 Å². The van der Waals surface area contributed by atoms with E-state index >= 15 is 0 Å². The van der Waals surface area contributed by atoms with Gasteiger partial charge in [-0.2, -0.15) is 30.3 Å². The second-order valence-electron chi connectivity index (χ2n) is 1.73. The first kappa shape index (κ1) is 16.9. The maximum absolute atomic E-state index is 8.88. The smallest absolute Gasteiger partial charge is 0.303 e. The summed E-state index contributed by atoms with van der Waals surface area (Å²) >= 11 is 3.29. The Kier molecular flexibility index (Phi) is 11.3. The van der Waals surface area contributed by atoms with Crippen molar-refractivity contribution in [1.29, 1.82) is 0 Å². The van der Waals surface area contributed by atoms with E-state index in [1.807, 2.05) is 24.3 Å². The molecule has 68 valence electrons. The molecule has 0 aliphatic heterocycles. The number of hydrogen-bond donors (Lipinski definition) is 3. The molecule has 0 atom stereocenters. The Morgan fingerprint density at radius 3 is 1.69 bits per heavy atom. The van der Waals surface area contributed by atoms with Crippen LogP contribution in [0.1, 0.15) is 0 Å². The molecule has 0 spiro atoms. The molecule has 0 bridgehead atoms. The molecule has 7 heteroatoms. The third-order valence-corrected chi connectivity index (χ3v) is 1.21. The molecular weight excluding hydrogens is 286 g/mol. The molecule has 1 rings (SSSR count). The van der Waals surface area contributed by atoms with Crippen LogP contribution in [-0.2, 0) is 4.57 Å². The Labute approximate surface area is 127 Å². The number of benzene rings is 1. The molecular formula is C6H7BrKO4P. The van der Waals surface area contributed by atoms with Gasteiger partial charge < -0.3 is 14.7 Å². The summed E-state index contributed by atoms with van der Waals surface area (Å²) in [5, 5.41) is 0. The molecule has 0 aliphatic rings. The fraction of sp³-hybridized carbons (Fsp3) is 0. The third-order valence-electron chi connectivity index (χ3n) is 0.678. The van der Waals surface area contributed by atoms with E-state index in [1.54, 1.807) is 0 Å². The van der Waals surface area contributed by atoms with Crippen molar-refractivity contribution in [2.45, 2.75) is 0 Å². The SMILES string of the molecule is Brc1cc[c-]cc1.O=P(O)(O)O.[K+]. The summed E-state index contributed by atoms with van der Waals surface area (Å²) in [6.07, 6.45) is 0. The zero-order chi connectivity index (χ0) is 9.61. The standard InChI is InChI=1S/C6H4Br.K.H3O4P/c7-6-4-2-1-3-5-6;;1-5(2,3)4/h2-5H;;(H3,1,2,3,4)/q-1;+1;. The number of phosphoric acid groups is 1. The van der Waals surface area contributed by atoms with Crippen LogP contribution in [0.15, 0.2) is 28.7 Å². The molecule has 0 heterocycles. The van der Waals surface area contributed by atoms with Crippen LogP contribution in [0.5, 0.6) is 0 Å². The van der Waals surface area contributed by atoms with E-state index in [0.29, 0.717) is 0 Å². The molecule has 4 nitrogen and oxygen atoms in total. The van der Waals surface area contributed by atoms with Crippen LogP contribution in [0, 0.1) is 6.07 Å². The predicted octanol–water partition coefficient (Wildman–Crippen LogP) is -1.68. The summed E-state index contributed by atoms with van der Waals surface area (Å²) in [5.41, 5.74) is 0. The maximum Gasteiger partial charge on any atom is 1.00 e. The van der Waals surface area contributed by atoms with Crippen molar-refractivity contribution in [2.24, 2.45) is 0 Å². The van der Waals surface area contributed by atoms with Gasteiger partial charge in [-0.1, -0.05) is 20.4 Å². The average Bonchev–Trinajstić information content (AvgIpc) is 1.85. The topological polar surface area (TPSA) is 77.8 Å². The molecule has 1 aromatic carbocycles. The molecule has 3 N–H and O–H groups in total. The van der Waals surface area contributed by atoms with Gasteiger partial charge in [-0.15, -0.1) is 0 Å². The van der Waals surface area contributed by atoms with Crippen molar-refractivity contribution in [1.82, 2.24) is 0 Å². The normalized spacial score (nSPS) is 9.23. The first-order chi connectivity index (χ1) is 5.39. The van der Waals surface area contributed by atoms with Gasteiger partial charge >= 0.3 is 59.2 Å². The fourth-order valence-electron chi connectivity index (χ4n) is 0.367. The minimum Gasteiger partial charge on any atom is -0.303 e. The van der Waals surface area contributed by atoms with Crippen LogP contribution < -0.4 is 51.4 Å². The zero-order valence-electron chi connectivity index (χ0n) is 6.88. The minimum absolute atomic E-state index is 0. The molecule has 0 radical (unpaired) electrons. The molecule has 0 amide bonds. The van der Waals surface area contributed by atoms with E-state index < -0.39 is 7.82 Å². The van der Waals surface area contributed by atoms with Crippen LogP contribution in [0.2, 0.25) is 0 Å². The van der Waals surface area contributed by atoms with E-state index in [1.165, 1.54) is 0 Å². The van der Waals surface area contributed by atoms with Crippen LogP contribution >= 0.6 is 23.8 Å². The van der Waals surface area contributed by atoms with Gasteiger partial charge in [0.2, 0.25) is 0 Å². The van der Waals surface area contributed by atoms with Crippen molar-refractivity contribution in [3.8, 4) is 0 Å². The van der Waals surface area contributed by atoms with Crippen molar-refractivity contribution >= 4 is 23.8 Å². The molecule has 0 saturated heterocycles. The Morgan fingerprint density at radius 1 is 1.23 bits per heavy atom. The molecule has 13 heavy (non-hydrogen) atoms. The number of hydrogen-bond acceptors (Lipinski definition) is 1. The fourth-order valence-corrected chi connectivity index (χ4v) is 0.631. The first-order valence-electron chi connectivity index (χ1n) is 2.79. The summed E-state index contributed by atoms with van der Waals surface area (Å²) in [6.45, 7) is 0. The van der Waals surface area contributed by atoms with Gasteiger partial charge in [0.1, 0.15) is 0 Å². The van der Waals surface area contributed by atoms with Crippen LogP contribution in [-0.4, -0.2) is 14.7 Å². The number of halogens is 1. The largest absolute Gasteiger partial charge is 1.00 e. The molecule has 0 unspecified atom stereocenters. The van der Waals surface area contributed by atoms with Crippen LogP contribution in [0.4, 0.5) is 0 Å². The van der Waals surface area contributed by atoms with E-state index in [4.69, 9.17) is 19.2 Å². The summed E-state index contributed by atoms with van der Waals surface area (Å²) in [7, 11) is -4.64. The molecule has 0 aromatic heterocycles. The molecule has 0 fully saturated rings. The Balaban J connectivity index is 0. The maximum atomic E-state index is 8.88. The minimum atomic E-state index is -4.64. The first-order valence-corrected chi connectivity index (χ1v) is 5.15. The Hall–Kier alpha value is 1.45. The second kappa shape index (κ2) is 8.73. The summed E-state index contributed by atoms with van der Waals surface area (Å²) in [6, 6.07) is 10.5. The third kappa shape index (κ3) is 19.7. The van der Waals surface area contributed by atoms with Crippen molar-refractivity contribution in [3.63, 3.8) is 0 Å². The monoisotopic (exact) mass is 292 g/mol. The van der Waals surface area contributed by atoms with Gasteiger partial charge in [-0.25, -0.2) is 4.57 Å². The predicted molar refractivity (Wildman–Crippen MR) is 47.2 cm³/mol. The summed E-state index contributed by atoms with van der Waals surface area (Å²) in [5.74, 6) is 0. The van der Waals surface area contributed by atoms with Gasteiger partial charge in [0.05, 0.1) is 0 Å². The zero-order valence-corrected chi connectivity index (χ0v) is 12.5. The molecule has 0 saturated carbocycles. The quantitative estimate of drug-likeness (QED) is 0.303. The van der Waals surface area contributed by atoms with Crippen LogP contribution in [0.3, 0.4) is 0 Å². The molecule has 1 aromatic rings. The van der Waals surface area contributed by atoms with Crippen LogP contribution in [0.25, 0.3) is 0 Å². The van der Waals surface area contributed by atoms with E-state index in [-0.39, 0.29) is 51.4 Å². The van der Waals surface area contributed by atoms with Gasteiger partial charge in [0, 0.05) is 0 Å². The summed E-state index contributed by atoms with van der Waals surface area (Å²) in [4.78, 5) is 21.6. The van der Waals surface area contributed by atoms with E-state index in [9.17, 15) is 0 Å². The second-order valence-corrected chi connectivity index (χ2v) is 3.67. The van der Waals surface area contributed by atoms with Crippen molar-refractivity contribution < 1.29 is 70.6 Å². The van der Waals surface area contributed by atoms with E-state index in [2.05, 4.69) is 22.0 Å². The van der Waals surface area contributed by atoms with Gasteiger partial charge in [-0.3, -0.25) is 0 Å². The van der Waals surface area contributed by atoms with Crippen molar-refractivity contribution in [3.05, 3.63) is 34.8 Å². The Bertz CT molecular complexity index is 254. The van der Waals surface area contributed by atoms with Gasteiger partial charge in [0.15, 0.2) is 0 Å². The Morgan fingerprint density at radius 2 is 1.54 bits per heavy atom. The van der Waals surface area contributed by atoms with Gasteiger partial charge in [0.25, 0.3) is 0 Å². The van der Waals surface area contributed by atoms with Crippen molar-refractivity contribution in [2.75, 3.05) is 0 Å².